The molecule has 1 fully saturated rings. The van der Waals surface area contributed by atoms with Gasteiger partial charge in [-0.2, -0.15) is 16.1 Å². The van der Waals surface area contributed by atoms with Gasteiger partial charge in [0.1, 0.15) is 0 Å². The summed E-state index contributed by atoms with van der Waals surface area (Å²) in [5.41, 5.74) is 6.80. The van der Waals surface area contributed by atoms with Gasteiger partial charge < -0.3 is 5.73 Å². The van der Waals surface area contributed by atoms with Crippen molar-refractivity contribution in [2.45, 2.75) is 24.8 Å². The smallest absolute Gasteiger partial charge is 0.243 e. The molecule has 0 spiro atoms. The van der Waals surface area contributed by atoms with Crippen LogP contribution in [0.5, 0.6) is 0 Å². The Morgan fingerprint density at radius 1 is 1.48 bits per heavy atom. The SMILES string of the molecule is Cc1ccc(C#CCN)cc1S(=O)(=O)N1CCSCC1C. The average Bonchev–Trinajstić information content (AvgIpc) is 2.46. The lowest BCUT2D eigenvalue weighted by molar-refractivity contribution is 0.367. The topological polar surface area (TPSA) is 63.4 Å². The van der Waals surface area contributed by atoms with Gasteiger partial charge in [-0.1, -0.05) is 17.9 Å². The number of hydrogen-bond donors (Lipinski definition) is 1. The molecule has 1 unspecified atom stereocenters. The summed E-state index contributed by atoms with van der Waals surface area (Å²) in [6.07, 6.45) is 0. The van der Waals surface area contributed by atoms with Crippen molar-refractivity contribution < 1.29 is 8.42 Å². The summed E-state index contributed by atoms with van der Waals surface area (Å²) in [7, 11) is -3.47. The lowest BCUT2D eigenvalue weighted by Crippen LogP contribution is -2.44. The van der Waals surface area contributed by atoms with Crippen LogP contribution in [0.25, 0.3) is 0 Å². The number of hydrogen-bond acceptors (Lipinski definition) is 4. The van der Waals surface area contributed by atoms with Crippen molar-refractivity contribution in [3.05, 3.63) is 29.3 Å². The quantitative estimate of drug-likeness (QED) is 0.836. The maximum absolute atomic E-state index is 12.9. The minimum absolute atomic E-state index is 0.0203. The Morgan fingerprint density at radius 2 is 2.24 bits per heavy atom. The van der Waals surface area contributed by atoms with Crippen molar-refractivity contribution in [2.24, 2.45) is 5.73 Å². The van der Waals surface area contributed by atoms with E-state index in [4.69, 9.17) is 5.73 Å². The fourth-order valence-corrected chi connectivity index (χ4v) is 5.41. The van der Waals surface area contributed by atoms with Gasteiger partial charge in [-0.25, -0.2) is 8.42 Å². The highest BCUT2D eigenvalue weighted by Crippen LogP contribution is 2.26. The molecular formula is C15H20N2O2S2. The van der Waals surface area contributed by atoms with Crippen molar-refractivity contribution in [2.75, 3.05) is 24.6 Å². The third-order valence-corrected chi connectivity index (χ3v) is 6.76. The van der Waals surface area contributed by atoms with E-state index >= 15 is 0 Å². The van der Waals surface area contributed by atoms with Crippen LogP contribution in [0.3, 0.4) is 0 Å². The molecule has 1 aromatic carbocycles. The highest BCUT2D eigenvalue weighted by molar-refractivity contribution is 7.99. The maximum atomic E-state index is 12.9. The van der Waals surface area contributed by atoms with Crippen molar-refractivity contribution in [3.8, 4) is 11.8 Å². The number of nitrogens with two attached hydrogens (primary N) is 1. The van der Waals surface area contributed by atoms with Crippen LogP contribution in [0.15, 0.2) is 23.1 Å². The number of nitrogens with zero attached hydrogens (tertiary/aromatic N) is 1. The molecule has 0 aromatic heterocycles. The summed E-state index contributed by atoms with van der Waals surface area (Å²) in [4.78, 5) is 0.352. The van der Waals surface area contributed by atoms with Crippen LogP contribution in [0.4, 0.5) is 0 Å². The van der Waals surface area contributed by atoms with Gasteiger partial charge in [0, 0.05) is 29.7 Å². The van der Waals surface area contributed by atoms with Gasteiger partial charge >= 0.3 is 0 Å². The molecule has 1 aliphatic rings. The summed E-state index contributed by atoms with van der Waals surface area (Å²) in [6, 6.07) is 5.30. The molecule has 1 aromatic rings. The second-order valence-corrected chi connectivity index (χ2v) is 8.03. The molecule has 6 heteroatoms. The van der Waals surface area contributed by atoms with Crippen molar-refractivity contribution in [3.63, 3.8) is 0 Å². The minimum atomic E-state index is -3.47. The second kappa shape index (κ2) is 6.84. The Kier molecular flexibility index (Phi) is 5.33. The zero-order valence-corrected chi connectivity index (χ0v) is 13.9. The normalized spacial score (nSPS) is 19.9. The third kappa shape index (κ3) is 3.61. The number of aryl methyl sites for hydroxylation is 1. The fourth-order valence-electron chi connectivity index (χ4n) is 2.30. The van der Waals surface area contributed by atoms with E-state index in [-0.39, 0.29) is 12.6 Å². The Bertz CT molecular complexity index is 675. The Labute approximate surface area is 131 Å². The standard InChI is InChI=1S/C15H20N2O2S2/c1-12-5-6-14(4-3-7-16)10-15(12)21(18,19)17-8-9-20-11-13(17)2/h5-6,10,13H,7-9,11,16H2,1-2H3. The van der Waals surface area contributed by atoms with E-state index in [0.29, 0.717) is 17.0 Å². The first-order valence-electron chi connectivity index (χ1n) is 6.86. The van der Waals surface area contributed by atoms with E-state index in [1.807, 2.05) is 19.9 Å². The first-order valence-corrected chi connectivity index (χ1v) is 9.45. The summed E-state index contributed by atoms with van der Waals surface area (Å²) in [6.45, 7) is 4.59. The van der Waals surface area contributed by atoms with Crippen LogP contribution in [0, 0.1) is 18.8 Å². The van der Waals surface area contributed by atoms with Gasteiger partial charge in [0.25, 0.3) is 0 Å². The summed E-state index contributed by atoms with van der Waals surface area (Å²) >= 11 is 1.79. The van der Waals surface area contributed by atoms with Crippen LogP contribution in [-0.2, 0) is 10.0 Å². The molecular weight excluding hydrogens is 304 g/mol. The zero-order valence-electron chi connectivity index (χ0n) is 12.3. The molecule has 1 atom stereocenters. The molecule has 2 N–H and O–H groups in total. The van der Waals surface area contributed by atoms with E-state index in [2.05, 4.69) is 11.8 Å². The van der Waals surface area contributed by atoms with Gasteiger partial charge in [0.15, 0.2) is 0 Å². The molecule has 1 aliphatic heterocycles. The maximum Gasteiger partial charge on any atom is 0.243 e. The lowest BCUT2D eigenvalue weighted by atomic mass is 10.1. The Morgan fingerprint density at radius 3 is 2.90 bits per heavy atom. The minimum Gasteiger partial charge on any atom is -0.320 e. The molecule has 0 amide bonds. The average molecular weight is 324 g/mol. The molecule has 0 saturated carbocycles. The first kappa shape index (κ1) is 16.4. The molecule has 0 radical (unpaired) electrons. The Balaban J connectivity index is 2.43. The molecule has 2 rings (SSSR count). The highest BCUT2D eigenvalue weighted by Gasteiger charge is 2.32. The van der Waals surface area contributed by atoms with E-state index in [1.54, 1.807) is 28.2 Å². The number of benzene rings is 1. The second-order valence-electron chi connectivity index (χ2n) is 5.03. The molecule has 0 aliphatic carbocycles. The van der Waals surface area contributed by atoms with Crippen LogP contribution in [-0.4, -0.2) is 43.4 Å². The van der Waals surface area contributed by atoms with Crippen molar-refractivity contribution in [1.29, 1.82) is 0 Å². The van der Waals surface area contributed by atoms with Crippen molar-refractivity contribution >= 4 is 21.8 Å². The van der Waals surface area contributed by atoms with Gasteiger partial charge in [-0.15, -0.1) is 0 Å². The van der Waals surface area contributed by atoms with Crippen LogP contribution in [0.2, 0.25) is 0 Å². The number of sulfonamides is 1. The van der Waals surface area contributed by atoms with Crippen LogP contribution in [0.1, 0.15) is 18.1 Å². The summed E-state index contributed by atoms with van der Waals surface area (Å²) < 4.78 is 27.4. The predicted octanol–water partition coefficient (Wildman–Crippen LogP) is 1.43. The van der Waals surface area contributed by atoms with Gasteiger partial charge in [-0.3, -0.25) is 0 Å². The zero-order chi connectivity index (χ0) is 15.5. The van der Waals surface area contributed by atoms with Crippen molar-refractivity contribution in [1.82, 2.24) is 4.31 Å². The fraction of sp³-hybridized carbons (Fsp3) is 0.467. The molecule has 0 bridgehead atoms. The molecule has 114 valence electrons. The largest absolute Gasteiger partial charge is 0.320 e. The highest BCUT2D eigenvalue weighted by atomic mass is 32.2. The number of thioether (sulfide) groups is 1. The summed E-state index contributed by atoms with van der Waals surface area (Å²) in [5.74, 6) is 7.33. The predicted molar refractivity (Wildman–Crippen MR) is 87.8 cm³/mol. The van der Waals surface area contributed by atoms with Gasteiger partial charge in [0.2, 0.25) is 10.0 Å². The Hall–Kier alpha value is -1.000. The molecule has 1 heterocycles. The van der Waals surface area contributed by atoms with Crippen LogP contribution < -0.4 is 5.73 Å². The molecule has 21 heavy (non-hydrogen) atoms. The molecule has 4 nitrogen and oxygen atoms in total. The third-order valence-electron chi connectivity index (χ3n) is 3.42. The summed E-state index contributed by atoms with van der Waals surface area (Å²) in [5, 5.41) is 0. The van der Waals surface area contributed by atoms with E-state index in [0.717, 1.165) is 17.1 Å². The monoisotopic (exact) mass is 324 g/mol. The lowest BCUT2D eigenvalue weighted by Gasteiger charge is -2.32. The molecule has 1 saturated heterocycles. The van der Waals surface area contributed by atoms with E-state index in [9.17, 15) is 8.42 Å². The van der Waals surface area contributed by atoms with Gasteiger partial charge in [-0.05, 0) is 31.5 Å². The van der Waals surface area contributed by atoms with Gasteiger partial charge in [0.05, 0.1) is 11.4 Å². The first-order chi connectivity index (χ1) is 9.96. The van der Waals surface area contributed by atoms with Crippen LogP contribution >= 0.6 is 11.8 Å². The van der Waals surface area contributed by atoms with E-state index in [1.165, 1.54) is 0 Å². The van der Waals surface area contributed by atoms with E-state index < -0.39 is 10.0 Å². The number of rotatable bonds is 2.